The fourth-order valence-corrected chi connectivity index (χ4v) is 5.60. The van der Waals surface area contributed by atoms with Crippen molar-refractivity contribution in [3.63, 3.8) is 0 Å². The number of anilines is 1. The molecular weight excluding hydrogens is 496 g/mol. The molecule has 7 nitrogen and oxygen atoms in total. The largest absolute Gasteiger partial charge is 0.507 e. The molecule has 0 saturated heterocycles. The second kappa shape index (κ2) is 10.1. The minimum absolute atomic E-state index is 0.0272. The zero-order valence-electron chi connectivity index (χ0n) is 20.6. The fourth-order valence-electron chi connectivity index (χ4n) is 4.64. The van der Waals surface area contributed by atoms with Gasteiger partial charge in [0.25, 0.3) is 5.91 Å². The maximum atomic E-state index is 13.1. The van der Waals surface area contributed by atoms with E-state index in [2.05, 4.69) is 15.7 Å². The zero-order valence-corrected chi connectivity index (χ0v) is 21.4. The lowest BCUT2D eigenvalue weighted by Gasteiger charge is -2.25. The number of nitrogens with one attached hydrogen (secondary N) is 2. The van der Waals surface area contributed by atoms with E-state index in [4.69, 9.17) is 0 Å². The lowest BCUT2D eigenvalue weighted by molar-refractivity contribution is 0.103. The van der Waals surface area contributed by atoms with Gasteiger partial charge in [-0.2, -0.15) is 9.78 Å². The SMILES string of the molecule is O=C(Nc1ccc(O)c(-c2cc(C3CCC3)n(C(=O)NCc3ccccc3)n2)c1)c1cc2ccccc2s1. The number of carbonyl (C=O) groups is 2. The van der Waals surface area contributed by atoms with Crippen LogP contribution in [0.1, 0.15) is 46.1 Å². The van der Waals surface area contributed by atoms with Crippen molar-refractivity contribution in [2.45, 2.75) is 31.7 Å². The second-order valence-corrected chi connectivity index (χ2v) is 10.6. The highest BCUT2D eigenvalue weighted by Gasteiger charge is 2.27. The highest BCUT2D eigenvalue weighted by Crippen LogP contribution is 2.39. The minimum atomic E-state index is -0.310. The molecule has 3 aromatic carbocycles. The maximum Gasteiger partial charge on any atom is 0.342 e. The number of thiophene rings is 1. The first-order chi connectivity index (χ1) is 18.5. The Morgan fingerprint density at radius 1 is 0.974 bits per heavy atom. The number of carbonyl (C=O) groups excluding carboxylic acids is 2. The van der Waals surface area contributed by atoms with Crippen molar-refractivity contribution in [3.8, 4) is 17.0 Å². The van der Waals surface area contributed by atoms with Gasteiger partial charge in [-0.1, -0.05) is 55.0 Å². The number of phenols is 1. The number of hydrogen-bond acceptors (Lipinski definition) is 5. The van der Waals surface area contributed by atoms with Crippen LogP contribution in [0.25, 0.3) is 21.3 Å². The van der Waals surface area contributed by atoms with Gasteiger partial charge in [-0.25, -0.2) is 4.79 Å². The van der Waals surface area contributed by atoms with Gasteiger partial charge in [0, 0.05) is 28.4 Å². The Bertz CT molecular complexity index is 1600. The Balaban J connectivity index is 1.26. The van der Waals surface area contributed by atoms with E-state index in [1.54, 1.807) is 12.1 Å². The van der Waals surface area contributed by atoms with Crippen LogP contribution in [0.2, 0.25) is 0 Å². The Morgan fingerprint density at radius 3 is 2.53 bits per heavy atom. The summed E-state index contributed by atoms with van der Waals surface area (Å²) in [5, 5.41) is 22.2. The van der Waals surface area contributed by atoms with Gasteiger partial charge in [0.05, 0.1) is 16.3 Å². The van der Waals surface area contributed by atoms with E-state index in [9.17, 15) is 14.7 Å². The lowest BCUT2D eigenvalue weighted by Crippen LogP contribution is -2.31. The molecule has 2 aromatic heterocycles. The van der Waals surface area contributed by atoms with Crippen LogP contribution in [0.15, 0.2) is 84.9 Å². The van der Waals surface area contributed by atoms with Gasteiger partial charge >= 0.3 is 6.03 Å². The van der Waals surface area contributed by atoms with Crippen LogP contribution >= 0.6 is 11.3 Å². The number of fused-ring (bicyclic) bond motifs is 1. The van der Waals surface area contributed by atoms with E-state index in [-0.39, 0.29) is 23.6 Å². The molecule has 6 rings (SSSR count). The van der Waals surface area contributed by atoms with Crippen molar-refractivity contribution in [1.29, 1.82) is 0 Å². The molecular formula is C30H26N4O3S. The van der Waals surface area contributed by atoms with E-state index >= 15 is 0 Å². The summed E-state index contributed by atoms with van der Waals surface area (Å²) in [4.78, 5) is 26.7. The molecule has 0 radical (unpaired) electrons. The number of aromatic hydroxyl groups is 1. The molecule has 1 aliphatic rings. The van der Waals surface area contributed by atoms with E-state index in [0.717, 1.165) is 40.6 Å². The van der Waals surface area contributed by atoms with Crippen LogP contribution < -0.4 is 10.6 Å². The molecule has 0 bridgehead atoms. The average Bonchev–Trinajstić information content (AvgIpc) is 3.53. The number of amides is 2. The van der Waals surface area contributed by atoms with Crippen molar-refractivity contribution in [3.05, 3.63) is 101 Å². The monoisotopic (exact) mass is 522 g/mol. The predicted octanol–water partition coefficient (Wildman–Crippen LogP) is 6.75. The Hall–Kier alpha value is -4.43. The second-order valence-electron chi connectivity index (χ2n) is 9.47. The Kier molecular flexibility index (Phi) is 6.39. The minimum Gasteiger partial charge on any atom is -0.507 e. The van der Waals surface area contributed by atoms with E-state index < -0.39 is 0 Å². The van der Waals surface area contributed by atoms with E-state index in [1.165, 1.54) is 22.1 Å². The molecule has 0 atom stereocenters. The molecule has 1 saturated carbocycles. The van der Waals surface area contributed by atoms with E-state index in [1.807, 2.05) is 66.7 Å². The first kappa shape index (κ1) is 23.9. The molecule has 1 aliphatic carbocycles. The third-order valence-electron chi connectivity index (χ3n) is 6.92. The van der Waals surface area contributed by atoms with Crippen molar-refractivity contribution in [2.75, 3.05) is 5.32 Å². The summed E-state index contributed by atoms with van der Waals surface area (Å²) in [6.07, 6.45) is 3.10. The number of hydrogen-bond donors (Lipinski definition) is 3. The molecule has 0 aliphatic heterocycles. The predicted molar refractivity (Wildman–Crippen MR) is 150 cm³/mol. The van der Waals surface area contributed by atoms with Crippen molar-refractivity contribution < 1.29 is 14.7 Å². The number of benzene rings is 3. The first-order valence-corrected chi connectivity index (χ1v) is 13.4. The zero-order chi connectivity index (χ0) is 26.1. The number of phenolic OH excluding ortho intramolecular Hbond substituents is 1. The van der Waals surface area contributed by atoms with Gasteiger partial charge in [0.1, 0.15) is 5.75 Å². The summed E-state index contributed by atoms with van der Waals surface area (Å²) in [6.45, 7) is 0.392. The average molecular weight is 523 g/mol. The Labute approximate surface area is 223 Å². The first-order valence-electron chi connectivity index (χ1n) is 12.6. The molecule has 0 spiro atoms. The van der Waals surface area contributed by atoms with Crippen LogP contribution in [0.5, 0.6) is 5.75 Å². The van der Waals surface area contributed by atoms with Gasteiger partial charge in [0.15, 0.2) is 0 Å². The maximum absolute atomic E-state index is 13.1. The molecule has 190 valence electrons. The highest BCUT2D eigenvalue weighted by molar-refractivity contribution is 7.20. The standard InChI is InChI=1S/C30H26N4O3S/c35-26-14-13-22(32-29(36)28-15-21-9-4-5-12-27(21)38-28)16-23(26)24-17-25(20-10-6-11-20)34(33-24)30(37)31-18-19-7-2-1-3-8-19/h1-5,7-9,12-17,20,35H,6,10-11,18H2,(H,31,37)(H,32,36). The van der Waals surface area contributed by atoms with Crippen molar-refractivity contribution in [1.82, 2.24) is 15.1 Å². The number of nitrogens with zero attached hydrogens (tertiary/aromatic N) is 2. The number of rotatable bonds is 6. The van der Waals surface area contributed by atoms with Crippen LogP contribution in [-0.4, -0.2) is 26.8 Å². The molecule has 2 amide bonds. The molecule has 0 unspecified atom stereocenters. The molecule has 1 fully saturated rings. The van der Waals surface area contributed by atoms with Crippen molar-refractivity contribution >= 4 is 39.0 Å². The third-order valence-corrected chi connectivity index (χ3v) is 8.03. The topological polar surface area (TPSA) is 96.2 Å². The summed E-state index contributed by atoms with van der Waals surface area (Å²) in [7, 11) is 0. The van der Waals surface area contributed by atoms with E-state index in [0.29, 0.717) is 28.4 Å². The smallest absolute Gasteiger partial charge is 0.342 e. The molecule has 8 heteroatoms. The van der Waals surface area contributed by atoms with Gasteiger partial charge < -0.3 is 15.7 Å². The summed E-state index contributed by atoms with van der Waals surface area (Å²) in [5.41, 5.74) is 3.30. The third kappa shape index (κ3) is 4.78. The molecule has 5 aromatic rings. The normalized spacial score (nSPS) is 13.3. The van der Waals surface area contributed by atoms with Gasteiger partial charge in [-0.05, 0) is 60.2 Å². The lowest BCUT2D eigenvalue weighted by atomic mass is 9.82. The van der Waals surface area contributed by atoms with Crippen LogP contribution in [0, 0.1) is 0 Å². The van der Waals surface area contributed by atoms with Crippen molar-refractivity contribution in [2.24, 2.45) is 0 Å². The fraction of sp³-hybridized carbons (Fsp3) is 0.167. The van der Waals surface area contributed by atoms with Gasteiger partial charge in [0.2, 0.25) is 0 Å². The summed E-state index contributed by atoms with van der Waals surface area (Å²) in [6, 6.07) is 25.9. The van der Waals surface area contributed by atoms with Gasteiger partial charge in [-0.15, -0.1) is 11.3 Å². The summed E-state index contributed by atoms with van der Waals surface area (Å²) >= 11 is 1.43. The van der Waals surface area contributed by atoms with Gasteiger partial charge in [-0.3, -0.25) is 4.79 Å². The highest BCUT2D eigenvalue weighted by atomic mass is 32.1. The molecule has 2 heterocycles. The van der Waals surface area contributed by atoms with Crippen LogP contribution in [0.3, 0.4) is 0 Å². The van der Waals surface area contributed by atoms with Crippen LogP contribution in [-0.2, 0) is 6.54 Å². The Morgan fingerprint density at radius 2 is 1.76 bits per heavy atom. The molecule has 3 N–H and O–H groups in total. The summed E-state index contributed by atoms with van der Waals surface area (Å²) < 4.78 is 2.47. The molecule has 38 heavy (non-hydrogen) atoms. The van der Waals surface area contributed by atoms with Crippen LogP contribution in [0.4, 0.5) is 10.5 Å². The quantitative estimate of drug-likeness (QED) is 0.215. The summed E-state index contributed by atoms with van der Waals surface area (Å²) in [5.74, 6) is 0.0555. The number of aromatic nitrogens is 2.